The molecule has 2 nitrogen and oxygen atoms in total. The van der Waals surface area contributed by atoms with Crippen LogP contribution >= 0.6 is 50.5 Å². The number of hydrogen-bond acceptors (Lipinski definition) is 3. The Kier molecular flexibility index (Phi) is 4.87. The summed E-state index contributed by atoms with van der Waals surface area (Å²) in [5.41, 5.74) is 3.14. The highest BCUT2D eigenvalue weighted by Gasteiger charge is 2.31. The highest BCUT2D eigenvalue weighted by atomic mass is 79.9. The SMILES string of the molecule is Clc1ccc(C2CC(c3cccs3)=NN2c2ccc(Br)cc2)c(Cl)c1. The topological polar surface area (TPSA) is 15.6 Å². The van der Waals surface area contributed by atoms with Gasteiger partial charge in [0.25, 0.3) is 0 Å². The number of thiophene rings is 1. The molecule has 1 aliphatic heterocycles. The van der Waals surface area contributed by atoms with Crippen LogP contribution in [0.5, 0.6) is 0 Å². The molecule has 1 atom stereocenters. The van der Waals surface area contributed by atoms with E-state index in [0.717, 1.165) is 27.9 Å². The lowest BCUT2D eigenvalue weighted by molar-refractivity contribution is 0.709. The van der Waals surface area contributed by atoms with Gasteiger partial charge in [-0.3, -0.25) is 5.01 Å². The number of nitrogens with zero attached hydrogens (tertiary/aromatic N) is 2. The van der Waals surface area contributed by atoms with Crippen molar-refractivity contribution in [2.75, 3.05) is 5.01 Å². The maximum Gasteiger partial charge on any atom is 0.0846 e. The van der Waals surface area contributed by atoms with Crippen LogP contribution in [0.15, 0.2) is 69.6 Å². The molecule has 0 saturated carbocycles. The van der Waals surface area contributed by atoms with Crippen LogP contribution < -0.4 is 5.01 Å². The summed E-state index contributed by atoms with van der Waals surface area (Å²) in [5.74, 6) is 0. The maximum atomic E-state index is 6.49. The Hall–Kier alpha value is -1.33. The molecule has 4 rings (SSSR count). The third-order valence-corrected chi connectivity index (χ3v) is 6.14. The van der Waals surface area contributed by atoms with Crippen molar-refractivity contribution in [1.29, 1.82) is 0 Å². The van der Waals surface area contributed by atoms with Crippen LogP contribution in [0.2, 0.25) is 10.0 Å². The molecule has 2 heterocycles. The van der Waals surface area contributed by atoms with Crippen LogP contribution in [0.4, 0.5) is 5.69 Å². The van der Waals surface area contributed by atoms with Crippen molar-refractivity contribution in [2.45, 2.75) is 12.5 Å². The third-order valence-electron chi connectivity index (χ3n) is 4.13. The lowest BCUT2D eigenvalue weighted by atomic mass is 10.0. The molecule has 2 aromatic carbocycles. The zero-order chi connectivity index (χ0) is 17.4. The van der Waals surface area contributed by atoms with E-state index in [1.807, 2.05) is 24.3 Å². The van der Waals surface area contributed by atoms with E-state index in [1.165, 1.54) is 4.88 Å². The van der Waals surface area contributed by atoms with E-state index in [9.17, 15) is 0 Å². The van der Waals surface area contributed by atoms with Gasteiger partial charge in [0, 0.05) is 20.9 Å². The summed E-state index contributed by atoms with van der Waals surface area (Å²) in [6.07, 6.45) is 0.804. The van der Waals surface area contributed by atoms with Crippen molar-refractivity contribution in [3.05, 3.63) is 84.9 Å². The van der Waals surface area contributed by atoms with Gasteiger partial charge in [0.2, 0.25) is 0 Å². The molecular weight excluding hydrogens is 439 g/mol. The van der Waals surface area contributed by atoms with Gasteiger partial charge in [-0.25, -0.2) is 0 Å². The van der Waals surface area contributed by atoms with E-state index in [2.05, 4.69) is 50.6 Å². The Morgan fingerprint density at radius 1 is 1.08 bits per heavy atom. The molecule has 0 saturated heterocycles. The summed E-state index contributed by atoms with van der Waals surface area (Å²) in [6, 6.07) is 18.0. The average molecular weight is 452 g/mol. The summed E-state index contributed by atoms with van der Waals surface area (Å²) in [5, 5.41) is 10.3. The van der Waals surface area contributed by atoms with Crippen LogP contribution in [0.1, 0.15) is 22.9 Å². The maximum absolute atomic E-state index is 6.49. The predicted molar refractivity (Wildman–Crippen MR) is 111 cm³/mol. The fourth-order valence-electron chi connectivity index (χ4n) is 2.95. The van der Waals surface area contributed by atoms with Crippen LogP contribution in [-0.4, -0.2) is 5.71 Å². The van der Waals surface area contributed by atoms with Crippen molar-refractivity contribution < 1.29 is 0 Å². The Labute approximate surface area is 168 Å². The molecular formula is C19H13BrCl2N2S. The first-order chi connectivity index (χ1) is 12.1. The third kappa shape index (κ3) is 3.49. The highest BCUT2D eigenvalue weighted by molar-refractivity contribution is 9.10. The first-order valence-electron chi connectivity index (χ1n) is 7.73. The first kappa shape index (κ1) is 17.1. The standard InChI is InChI=1S/C19H13BrCl2N2S/c20-12-3-6-14(7-4-12)24-18(15-8-5-13(21)10-16(15)22)11-17(23-24)19-2-1-9-25-19/h1-10,18H,11H2. The van der Waals surface area contributed by atoms with Gasteiger partial charge in [0.15, 0.2) is 0 Å². The second kappa shape index (κ2) is 7.12. The normalized spacial score (nSPS) is 17.0. The monoisotopic (exact) mass is 450 g/mol. The van der Waals surface area contributed by atoms with Crippen LogP contribution in [-0.2, 0) is 0 Å². The largest absolute Gasteiger partial charge is 0.257 e. The van der Waals surface area contributed by atoms with E-state index < -0.39 is 0 Å². The van der Waals surface area contributed by atoms with Crippen molar-refractivity contribution in [3.8, 4) is 0 Å². The lowest BCUT2D eigenvalue weighted by Crippen LogP contribution is -2.18. The summed E-state index contributed by atoms with van der Waals surface area (Å²) in [4.78, 5) is 1.19. The lowest BCUT2D eigenvalue weighted by Gasteiger charge is -2.25. The zero-order valence-electron chi connectivity index (χ0n) is 13.0. The zero-order valence-corrected chi connectivity index (χ0v) is 16.9. The fourth-order valence-corrected chi connectivity index (χ4v) is 4.47. The van der Waals surface area contributed by atoms with E-state index in [0.29, 0.717) is 10.0 Å². The minimum atomic E-state index is 0.0445. The second-order valence-corrected chi connectivity index (χ2v) is 8.44. The van der Waals surface area contributed by atoms with Gasteiger partial charge < -0.3 is 0 Å². The molecule has 6 heteroatoms. The number of hydrogen-bond donors (Lipinski definition) is 0. The molecule has 0 N–H and O–H groups in total. The average Bonchev–Trinajstić information content (AvgIpc) is 3.25. The van der Waals surface area contributed by atoms with Crippen LogP contribution in [0.25, 0.3) is 0 Å². The molecule has 126 valence electrons. The number of benzene rings is 2. The molecule has 1 unspecified atom stereocenters. The van der Waals surface area contributed by atoms with Crippen molar-refractivity contribution in [3.63, 3.8) is 0 Å². The molecule has 0 amide bonds. The molecule has 0 fully saturated rings. The summed E-state index contributed by atoms with van der Waals surface area (Å²) < 4.78 is 1.04. The van der Waals surface area contributed by atoms with Gasteiger partial charge in [-0.05, 0) is 53.4 Å². The van der Waals surface area contributed by atoms with Crippen molar-refractivity contribution in [2.24, 2.45) is 5.10 Å². The van der Waals surface area contributed by atoms with Crippen molar-refractivity contribution in [1.82, 2.24) is 0 Å². The van der Waals surface area contributed by atoms with E-state index >= 15 is 0 Å². The Bertz CT molecular complexity index is 923. The van der Waals surface area contributed by atoms with Gasteiger partial charge in [-0.15, -0.1) is 11.3 Å². The second-order valence-electron chi connectivity index (χ2n) is 5.73. The first-order valence-corrected chi connectivity index (χ1v) is 10.2. The van der Waals surface area contributed by atoms with Gasteiger partial charge in [-0.2, -0.15) is 5.10 Å². The van der Waals surface area contributed by atoms with Gasteiger partial charge in [-0.1, -0.05) is 51.3 Å². The van der Waals surface area contributed by atoms with E-state index in [-0.39, 0.29) is 6.04 Å². The van der Waals surface area contributed by atoms with Crippen LogP contribution in [0, 0.1) is 0 Å². The molecule has 1 aromatic heterocycles. The quantitative estimate of drug-likeness (QED) is 0.411. The highest BCUT2D eigenvalue weighted by Crippen LogP contribution is 2.40. The number of halogens is 3. The Morgan fingerprint density at radius 2 is 1.88 bits per heavy atom. The molecule has 0 aliphatic carbocycles. The predicted octanol–water partition coefficient (Wildman–Crippen LogP) is 7.17. The molecule has 25 heavy (non-hydrogen) atoms. The summed E-state index contributed by atoms with van der Waals surface area (Å²) in [6.45, 7) is 0. The Balaban J connectivity index is 1.77. The minimum absolute atomic E-state index is 0.0445. The van der Waals surface area contributed by atoms with E-state index in [1.54, 1.807) is 17.4 Å². The van der Waals surface area contributed by atoms with Gasteiger partial charge in [0.1, 0.15) is 0 Å². The Morgan fingerprint density at radius 3 is 2.56 bits per heavy atom. The van der Waals surface area contributed by atoms with Crippen molar-refractivity contribution >= 4 is 61.9 Å². The smallest absolute Gasteiger partial charge is 0.0846 e. The van der Waals surface area contributed by atoms with Crippen LogP contribution in [0.3, 0.4) is 0 Å². The summed E-state index contributed by atoms with van der Waals surface area (Å²) >= 11 is 17.8. The number of hydrazone groups is 1. The van der Waals surface area contributed by atoms with E-state index in [4.69, 9.17) is 28.3 Å². The number of anilines is 1. The molecule has 1 aliphatic rings. The fraction of sp³-hybridized carbons (Fsp3) is 0.105. The minimum Gasteiger partial charge on any atom is -0.257 e. The number of rotatable bonds is 3. The summed E-state index contributed by atoms with van der Waals surface area (Å²) in [7, 11) is 0. The molecule has 0 radical (unpaired) electrons. The van der Waals surface area contributed by atoms with Gasteiger partial charge in [0.05, 0.1) is 22.3 Å². The molecule has 0 spiro atoms. The molecule has 3 aromatic rings. The van der Waals surface area contributed by atoms with Gasteiger partial charge >= 0.3 is 0 Å². The molecule has 0 bridgehead atoms.